The Balaban J connectivity index is 0.000000461. The lowest BCUT2D eigenvalue weighted by Gasteiger charge is -2.20. The Hall–Kier alpha value is -0.120. The fraction of sp³-hybridized carbons (Fsp3) is 1.00. The average Bonchev–Trinajstić information content (AvgIpc) is 2.41. The van der Waals surface area contributed by atoms with Crippen molar-refractivity contribution in [3.63, 3.8) is 0 Å². The molecule has 0 aromatic carbocycles. The van der Waals surface area contributed by atoms with Crippen LogP contribution in [0.5, 0.6) is 0 Å². The van der Waals surface area contributed by atoms with Crippen molar-refractivity contribution in [3.8, 4) is 0 Å². The molecule has 0 amide bonds. The van der Waals surface area contributed by atoms with Crippen molar-refractivity contribution in [2.24, 2.45) is 5.73 Å². The SMILES string of the molecule is CC.CC1(CCN)OCCO1. The summed E-state index contributed by atoms with van der Waals surface area (Å²) < 4.78 is 10.6. The Kier molecular flexibility index (Phi) is 5.46. The molecule has 1 saturated heterocycles. The molecule has 0 atom stereocenters. The van der Waals surface area contributed by atoms with Gasteiger partial charge in [0.25, 0.3) is 0 Å². The van der Waals surface area contributed by atoms with Crippen molar-refractivity contribution in [2.45, 2.75) is 33.0 Å². The maximum atomic E-state index is 5.33. The van der Waals surface area contributed by atoms with Crippen LogP contribution in [0.4, 0.5) is 0 Å². The molecule has 0 aliphatic carbocycles. The van der Waals surface area contributed by atoms with Crippen LogP contribution in [0.15, 0.2) is 0 Å². The first-order valence-corrected chi connectivity index (χ1v) is 4.25. The van der Waals surface area contributed by atoms with Crippen LogP contribution in [0.1, 0.15) is 27.2 Å². The van der Waals surface area contributed by atoms with Gasteiger partial charge in [-0.25, -0.2) is 0 Å². The van der Waals surface area contributed by atoms with Gasteiger partial charge in [-0.3, -0.25) is 0 Å². The van der Waals surface area contributed by atoms with E-state index in [1.165, 1.54) is 0 Å². The Labute approximate surface area is 68.9 Å². The Morgan fingerprint density at radius 3 is 2.09 bits per heavy atom. The van der Waals surface area contributed by atoms with E-state index in [9.17, 15) is 0 Å². The van der Waals surface area contributed by atoms with E-state index >= 15 is 0 Å². The molecule has 3 nitrogen and oxygen atoms in total. The van der Waals surface area contributed by atoms with Gasteiger partial charge in [0.1, 0.15) is 0 Å². The normalized spacial score (nSPS) is 20.7. The van der Waals surface area contributed by atoms with E-state index in [4.69, 9.17) is 15.2 Å². The van der Waals surface area contributed by atoms with E-state index in [2.05, 4.69) is 0 Å². The summed E-state index contributed by atoms with van der Waals surface area (Å²) in [6.45, 7) is 7.95. The molecule has 11 heavy (non-hydrogen) atoms. The molecule has 1 heterocycles. The molecule has 0 aromatic heterocycles. The lowest BCUT2D eigenvalue weighted by atomic mass is 10.2. The fourth-order valence-corrected chi connectivity index (χ4v) is 0.963. The van der Waals surface area contributed by atoms with Crippen LogP contribution >= 0.6 is 0 Å². The summed E-state index contributed by atoms with van der Waals surface area (Å²) >= 11 is 0. The molecule has 1 fully saturated rings. The van der Waals surface area contributed by atoms with Gasteiger partial charge in [-0.2, -0.15) is 0 Å². The average molecular weight is 161 g/mol. The minimum absolute atomic E-state index is 0.380. The number of hydrogen-bond donors (Lipinski definition) is 1. The Morgan fingerprint density at radius 2 is 1.73 bits per heavy atom. The summed E-state index contributed by atoms with van der Waals surface area (Å²) in [5.41, 5.74) is 5.33. The van der Waals surface area contributed by atoms with Crippen LogP contribution in [0.3, 0.4) is 0 Å². The molecule has 0 aromatic rings. The van der Waals surface area contributed by atoms with E-state index in [0.717, 1.165) is 6.42 Å². The third-order valence-electron chi connectivity index (χ3n) is 1.50. The molecule has 0 unspecified atom stereocenters. The summed E-state index contributed by atoms with van der Waals surface area (Å²) in [6, 6.07) is 0. The van der Waals surface area contributed by atoms with Crippen LogP contribution in [0, 0.1) is 0 Å². The van der Waals surface area contributed by atoms with Crippen LogP contribution in [0.2, 0.25) is 0 Å². The van der Waals surface area contributed by atoms with Crippen molar-refractivity contribution in [1.29, 1.82) is 0 Å². The second kappa shape index (κ2) is 5.52. The number of hydrogen-bond acceptors (Lipinski definition) is 3. The highest BCUT2D eigenvalue weighted by atomic mass is 16.7. The largest absolute Gasteiger partial charge is 0.348 e. The third-order valence-corrected chi connectivity index (χ3v) is 1.50. The fourth-order valence-electron chi connectivity index (χ4n) is 0.963. The second-order valence-corrected chi connectivity index (χ2v) is 2.37. The summed E-state index contributed by atoms with van der Waals surface area (Å²) in [7, 11) is 0. The smallest absolute Gasteiger partial charge is 0.166 e. The van der Waals surface area contributed by atoms with Crippen LogP contribution in [-0.4, -0.2) is 25.5 Å². The molecule has 2 N–H and O–H groups in total. The molecular formula is C8H19NO2. The molecule has 0 bridgehead atoms. The van der Waals surface area contributed by atoms with E-state index < -0.39 is 0 Å². The standard InChI is InChI=1S/C6H13NO2.C2H6/c1-6(2-3-7)8-4-5-9-6;1-2/h2-5,7H2,1H3;1-2H3. The van der Waals surface area contributed by atoms with Gasteiger partial charge >= 0.3 is 0 Å². The van der Waals surface area contributed by atoms with Gasteiger partial charge in [0.15, 0.2) is 5.79 Å². The van der Waals surface area contributed by atoms with Crippen LogP contribution in [0.25, 0.3) is 0 Å². The zero-order valence-electron chi connectivity index (χ0n) is 7.72. The predicted molar refractivity (Wildman–Crippen MR) is 45.3 cm³/mol. The van der Waals surface area contributed by atoms with Gasteiger partial charge in [0.2, 0.25) is 0 Å². The van der Waals surface area contributed by atoms with Crippen molar-refractivity contribution >= 4 is 0 Å². The van der Waals surface area contributed by atoms with E-state index in [1.807, 2.05) is 20.8 Å². The molecule has 1 rings (SSSR count). The summed E-state index contributed by atoms with van der Waals surface area (Å²) in [5, 5.41) is 0. The van der Waals surface area contributed by atoms with Crippen molar-refractivity contribution in [1.82, 2.24) is 0 Å². The molecule has 0 saturated carbocycles. The van der Waals surface area contributed by atoms with Crippen molar-refractivity contribution in [2.75, 3.05) is 19.8 Å². The number of rotatable bonds is 2. The van der Waals surface area contributed by atoms with Gasteiger partial charge < -0.3 is 15.2 Å². The highest BCUT2D eigenvalue weighted by molar-refractivity contribution is 4.67. The van der Waals surface area contributed by atoms with Gasteiger partial charge in [-0.05, 0) is 13.5 Å². The molecule has 0 radical (unpaired) electrons. The Morgan fingerprint density at radius 1 is 1.27 bits per heavy atom. The minimum atomic E-state index is -0.380. The van der Waals surface area contributed by atoms with Gasteiger partial charge in [-0.1, -0.05) is 13.8 Å². The zero-order chi connectivity index (χ0) is 8.74. The highest BCUT2D eigenvalue weighted by Crippen LogP contribution is 2.20. The van der Waals surface area contributed by atoms with Crippen molar-refractivity contribution < 1.29 is 9.47 Å². The quantitative estimate of drug-likeness (QED) is 0.660. The van der Waals surface area contributed by atoms with Gasteiger partial charge in [0, 0.05) is 6.42 Å². The predicted octanol–water partition coefficient (Wildman–Crippen LogP) is 1.12. The topological polar surface area (TPSA) is 44.5 Å². The van der Waals surface area contributed by atoms with Gasteiger partial charge in [-0.15, -0.1) is 0 Å². The monoisotopic (exact) mass is 161 g/mol. The van der Waals surface area contributed by atoms with Crippen LogP contribution < -0.4 is 5.73 Å². The zero-order valence-corrected chi connectivity index (χ0v) is 7.72. The first kappa shape index (κ1) is 10.9. The second-order valence-electron chi connectivity index (χ2n) is 2.37. The summed E-state index contributed by atoms with van der Waals surface area (Å²) in [6.07, 6.45) is 0.785. The first-order chi connectivity index (χ1) is 5.27. The third kappa shape index (κ3) is 3.70. The highest BCUT2D eigenvalue weighted by Gasteiger charge is 2.29. The summed E-state index contributed by atoms with van der Waals surface area (Å²) in [5.74, 6) is -0.380. The van der Waals surface area contributed by atoms with E-state index in [0.29, 0.717) is 19.8 Å². The Bertz CT molecular complexity index is 90.1. The summed E-state index contributed by atoms with van der Waals surface area (Å²) in [4.78, 5) is 0. The molecule has 3 heteroatoms. The maximum absolute atomic E-state index is 5.33. The van der Waals surface area contributed by atoms with Crippen LogP contribution in [-0.2, 0) is 9.47 Å². The van der Waals surface area contributed by atoms with E-state index in [-0.39, 0.29) is 5.79 Å². The number of nitrogens with two attached hydrogens (primary N) is 1. The van der Waals surface area contributed by atoms with Gasteiger partial charge in [0.05, 0.1) is 13.2 Å². The lowest BCUT2D eigenvalue weighted by molar-refractivity contribution is -0.144. The first-order valence-electron chi connectivity index (χ1n) is 4.25. The molecule has 1 aliphatic rings. The lowest BCUT2D eigenvalue weighted by Crippen LogP contribution is -2.28. The number of ether oxygens (including phenoxy) is 2. The molecule has 68 valence electrons. The van der Waals surface area contributed by atoms with E-state index in [1.54, 1.807) is 0 Å². The molecule has 1 aliphatic heterocycles. The molecular weight excluding hydrogens is 142 g/mol. The minimum Gasteiger partial charge on any atom is -0.348 e. The van der Waals surface area contributed by atoms with Crippen molar-refractivity contribution in [3.05, 3.63) is 0 Å². The molecule has 0 spiro atoms. The maximum Gasteiger partial charge on any atom is 0.166 e.